The van der Waals surface area contributed by atoms with E-state index in [1.165, 1.54) is 5.56 Å². The fourth-order valence-electron chi connectivity index (χ4n) is 1.32. The SMILES string of the molecule is CCCOc1ccc(CCC(=O)CBr)cc1. The smallest absolute Gasteiger partial charge is 0.143 e. The lowest BCUT2D eigenvalue weighted by molar-refractivity contribution is -0.116. The Morgan fingerprint density at radius 3 is 2.56 bits per heavy atom. The molecule has 0 N–H and O–H groups in total. The highest BCUT2D eigenvalue weighted by molar-refractivity contribution is 9.09. The third kappa shape index (κ3) is 4.79. The van der Waals surface area contributed by atoms with Crippen LogP contribution in [0.2, 0.25) is 0 Å². The van der Waals surface area contributed by atoms with Gasteiger partial charge in [0.05, 0.1) is 11.9 Å². The van der Waals surface area contributed by atoms with Crippen LogP contribution in [0.3, 0.4) is 0 Å². The summed E-state index contributed by atoms with van der Waals surface area (Å²) in [7, 11) is 0. The van der Waals surface area contributed by atoms with Gasteiger partial charge in [-0.05, 0) is 30.5 Å². The van der Waals surface area contributed by atoms with Crippen molar-refractivity contribution in [3.8, 4) is 5.75 Å². The number of Topliss-reactive ketones (excluding diaryl/α,β-unsaturated/α-hetero) is 1. The molecule has 1 aromatic rings. The number of rotatable bonds is 7. The van der Waals surface area contributed by atoms with Gasteiger partial charge in [0.2, 0.25) is 0 Å². The van der Waals surface area contributed by atoms with Crippen LogP contribution < -0.4 is 4.74 Å². The topological polar surface area (TPSA) is 26.3 Å². The fraction of sp³-hybridized carbons (Fsp3) is 0.462. The van der Waals surface area contributed by atoms with Crippen LogP contribution in [0.15, 0.2) is 24.3 Å². The van der Waals surface area contributed by atoms with Crippen molar-refractivity contribution < 1.29 is 9.53 Å². The van der Waals surface area contributed by atoms with Crippen molar-refractivity contribution in [1.29, 1.82) is 0 Å². The van der Waals surface area contributed by atoms with Crippen molar-refractivity contribution in [3.63, 3.8) is 0 Å². The maximum atomic E-state index is 11.1. The highest BCUT2D eigenvalue weighted by atomic mass is 79.9. The molecule has 0 aliphatic rings. The zero-order valence-corrected chi connectivity index (χ0v) is 11.1. The second-order valence-electron chi connectivity index (χ2n) is 3.66. The number of halogens is 1. The van der Waals surface area contributed by atoms with E-state index < -0.39 is 0 Å². The number of carbonyl (C=O) groups excluding carboxylic acids is 1. The van der Waals surface area contributed by atoms with Gasteiger partial charge in [-0.2, -0.15) is 0 Å². The first-order chi connectivity index (χ1) is 7.76. The summed E-state index contributed by atoms with van der Waals surface area (Å²) in [5.41, 5.74) is 1.18. The quantitative estimate of drug-likeness (QED) is 0.718. The summed E-state index contributed by atoms with van der Waals surface area (Å²) in [5, 5.41) is 0.449. The van der Waals surface area contributed by atoms with Gasteiger partial charge in [-0.15, -0.1) is 0 Å². The van der Waals surface area contributed by atoms with Crippen molar-refractivity contribution in [2.75, 3.05) is 11.9 Å². The molecule has 0 amide bonds. The van der Waals surface area contributed by atoms with Gasteiger partial charge in [0.1, 0.15) is 11.5 Å². The van der Waals surface area contributed by atoms with E-state index in [1.807, 2.05) is 24.3 Å². The fourth-order valence-corrected chi connectivity index (χ4v) is 1.60. The zero-order valence-electron chi connectivity index (χ0n) is 9.54. The summed E-state index contributed by atoms with van der Waals surface area (Å²) >= 11 is 3.16. The van der Waals surface area contributed by atoms with E-state index in [0.717, 1.165) is 25.2 Å². The lowest BCUT2D eigenvalue weighted by Crippen LogP contribution is -2.01. The lowest BCUT2D eigenvalue weighted by Gasteiger charge is -2.05. The number of alkyl halides is 1. The van der Waals surface area contributed by atoms with Crippen LogP contribution in [-0.2, 0) is 11.2 Å². The maximum Gasteiger partial charge on any atom is 0.143 e. The van der Waals surface area contributed by atoms with Crippen LogP contribution in [0.25, 0.3) is 0 Å². The molecule has 0 aromatic heterocycles. The normalized spacial score (nSPS) is 10.1. The van der Waals surface area contributed by atoms with Crippen LogP contribution in [0.4, 0.5) is 0 Å². The number of benzene rings is 1. The number of ketones is 1. The van der Waals surface area contributed by atoms with Gasteiger partial charge in [-0.3, -0.25) is 4.79 Å². The first-order valence-electron chi connectivity index (χ1n) is 5.55. The number of aryl methyl sites for hydroxylation is 1. The molecule has 1 rings (SSSR count). The Kier molecular flexibility index (Phi) is 6.16. The number of carbonyl (C=O) groups is 1. The van der Waals surface area contributed by atoms with Crippen LogP contribution in [0, 0.1) is 0 Å². The second kappa shape index (κ2) is 7.44. The minimum Gasteiger partial charge on any atom is -0.494 e. The minimum atomic E-state index is 0.242. The maximum absolute atomic E-state index is 11.1. The van der Waals surface area contributed by atoms with E-state index in [4.69, 9.17) is 4.74 Å². The second-order valence-corrected chi connectivity index (χ2v) is 4.23. The highest BCUT2D eigenvalue weighted by Gasteiger charge is 2.00. The third-order valence-corrected chi connectivity index (χ3v) is 2.86. The minimum absolute atomic E-state index is 0.242. The van der Waals surface area contributed by atoms with Crippen molar-refractivity contribution in [1.82, 2.24) is 0 Å². The highest BCUT2D eigenvalue weighted by Crippen LogP contribution is 2.13. The monoisotopic (exact) mass is 284 g/mol. The van der Waals surface area contributed by atoms with Gasteiger partial charge in [-0.25, -0.2) is 0 Å². The molecule has 0 aliphatic carbocycles. The van der Waals surface area contributed by atoms with Gasteiger partial charge < -0.3 is 4.74 Å². The molecule has 88 valence electrons. The molecule has 3 heteroatoms. The molecular weight excluding hydrogens is 268 g/mol. The molecule has 0 heterocycles. The summed E-state index contributed by atoms with van der Waals surface area (Å²) < 4.78 is 5.48. The van der Waals surface area contributed by atoms with Gasteiger partial charge in [0.15, 0.2) is 0 Å². The van der Waals surface area contributed by atoms with E-state index >= 15 is 0 Å². The van der Waals surface area contributed by atoms with Gasteiger partial charge in [-0.1, -0.05) is 35.0 Å². The van der Waals surface area contributed by atoms with Crippen molar-refractivity contribution in [2.45, 2.75) is 26.2 Å². The first kappa shape index (κ1) is 13.2. The molecule has 2 nitrogen and oxygen atoms in total. The molecule has 1 aromatic carbocycles. The van der Waals surface area contributed by atoms with E-state index in [0.29, 0.717) is 11.8 Å². The molecule has 0 saturated heterocycles. The lowest BCUT2D eigenvalue weighted by atomic mass is 10.1. The van der Waals surface area contributed by atoms with Gasteiger partial charge in [0, 0.05) is 6.42 Å². The third-order valence-electron chi connectivity index (χ3n) is 2.24. The summed E-state index contributed by atoms with van der Waals surface area (Å²) in [5.74, 6) is 1.14. The van der Waals surface area contributed by atoms with E-state index in [-0.39, 0.29) is 5.78 Å². The Bertz CT molecular complexity index is 319. The first-order valence-corrected chi connectivity index (χ1v) is 6.67. The average molecular weight is 285 g/mol. The van der Waals surface area contributed by atoms with Crippen molar-refractivity contribution in [3.05, 3.63) is 29.8 Å². The van der Waals surface area contributed by atoms with Crippen molar-refractivity contribution in [2.24, 2.45) is 0 Å². The van der Waals surface area contributed by atoms with Crippen molar-refractivity contribution >= 4 is 21.7 Å². The molecule has 0 aliphatic heterocycles. The largest absolute Gasteiger partial charge is 0.494 e. The molecule has 0 unspecified atom stereocenters. The summed E-state index contributed by atoms with van der Waals surface area (Å²) in [6.45, 7) is 2.83. The molecule has 0 saturated carbocycles. The Morgan fingerprint density at radius 2 is 2.00 bits per heavy atom. The Hall–Kier alpha value is -0.830. The summed E-state index contributed by atoms with van der Waals surface area (Å²) in [4.78, 5) is 11.1. The standard InChI is InChI=1S/C13H17BrO2/c1-2-9-16-13-7-4-11(5-8-13)3-6-12(15)10-14/h4-5,7-8H,2-3,6,9-10H2,1H3. The van der Waals surface area contributed by atoms with Crippen LogP contribution in [0.1, 0.15) is 25.3 Å². The van der Waals surface area contributed by atoms with Crippen LogP contribution in [-0.4, -0.2) is 17.7 Å². The predicted octanol–water partition coefficient (Wildman–Crippen LogP) is 3.37. The molecule has 0 fully saturated rings. The molecule has 0 spiro atoms. The summed E-state index contributed by atoms with van der Waals surface area (Å²) in [6, 6.07) is 7.96. The molecule has 0 bridgehead atoms. The van der Waals surface area contributed by atoms with Crippen LogP contribution in [0.5, 0.6) is 5.75 Å². The Morgan fingerprint density at radius 1 is 1.31 bits per heavy atom. The Balaban J connectivity index is 2.41. The zero-order chi connectivity index (χ0) is 11.8. The van der Waals surface area contributed by atoms with E-state index in [9.17, 15) is 4.79 Å². The molecule has 0 radical (unpaired) electrons. The average Bonchev–Trinajstić information content (AvgIpc) is 2.34. The van der Waals surface area contributed by atoms with E-state index in [1.54, 1.807) is 0 Å². The van der Waals surface area contributed by atoms with Gasteiger partial charge >= 0.3 is 0 Å². The molecule has 16 heavy (non-hydrogen) atoms. The summed E-state index contributed by atoms with van der Waals surface area (Å²) in [6.07, 6.45) is 2.42. The number of ether oxygens (including phenoxy) is 1. The number of hydrogen-bond acceptors (Lipinski definition) is 2. The van der Waals surface area contributed by atoms with Crippen LogP contribution >= 0.6 is 15.9 Å². The molecular formula is C13H17BrO2. The van der Waals surface area contributed by atoms with E-state index in [2.05, 4.69) is 22.9 Å². The predicted molar refractivity (Wildman–Crippen MR) is 69.4 cm³/mol. The molecule has 0 atom stereocenters. The Labute approximate surface area is 105 Å². The van der Waals surface area contributed by atoms with Gasteiger partial charge in [0.25, 0.3) is 0 Å². The number of hydrogen-bond donors (Lipinski definition) is 0.